The van der Waals surface area contributed by atoms with Crippen molar-refractivity contribution in [2.45, 2.75) is 51.7 Å². The Bertz CT molecular complexity index is 1350. The van der Waals surface area contributed by atoms with E-state index in [1.807, 2.05) is 44.9 Å². The lowest BCUT2D eigenvalue weighted by Gasteiger charge is -2.46. The summed E-state index contributed by atoms with van der Waals surface area (Å²) in [6.45, 7) is 13.0. The number of likely N-dealkylation sites (N-methyl/N-ethyl adjacent to an activating group) is 1. The number of nitrogens with one attached hydrogen (secondary N) is 1. The minimum Gasteiger partial charge on any atom is -0.444 e. The van der Waals surface area contributed by atoms with Gasteiger partial charge in [0.2, 0.25) is 0 Å². The average Bonchev–Trinajstić information content (AvgIpc) is 3.31. The molecule has 13 nitrogen and oxygen atoms in total. The number of piperazine rings is 1. The predicted octanol–water partition coefficient (Wildman–Crippen LogP) is 3.27. The Hall–Kier alpha value is -4.34. The molecule has 0 radical (unpaired) electrons. The molecule has 5 heterocycles. The molecule has 42 heavy (non-hydrogen) atoms. The molecule has 3 amide bonds. The van der Waals surface area contributed by atoms with Crippen LogP contribution in [0, 0.1) is 11.3 Å². The van der Waals surface area contributed by atoms with Gasteiger partial charge in [0, 0.05) is 59.4 Å². The van der Waals surface area contributed by atoms with Crippen molar-refractivity contribution in [1.82, 2.24) is 29.7 Å². The molecule has 3 fully saturated rings. The van der Waals surface area contributed by atoms with Crippen molar-refractivity contribution in [3.63, 3.8) is 0 Å². The number of carbonyl (C=O) groups is 2. The normalized spacial score (nSPS) is 21.4. The molecule has 2 aromatic rings. The Balaban J connectivity index is 1.24. The number of ether oxygens (including phenoxy) is 1. The van der Waals surface area contributed by atoms with Crippen LogP contribution in [0.2, 0.25) is 0 Å². The van der Waals surface area contributed by atoms with Gasteiger partial charge in [0.05, 0.1) is 23.6 Å². The molecule has 2 aromatic heterocycles. The molecule has 224 valence electrons. The second-order valence-corrected chi connectivity index (χ2v) is 12.4. The summed E-state index contributed by atoms with van der Waals surface area (Å²) < 4.78 is 5.49. The zero-order valence-electron chi connectivity index (χ0n) is 25.1. The molecule has 0 saturated carbocycles. The van der Waals surface area contributed by atoms with Gasteiger partial charge in [0.15, 0.2) is 11.5 Å². The van der Waals surface area contributed by atoms with Crippen LogP contribution in [0.25, 0.3) is 0 Å². The lowest BCUT2D eigenvalue weighted by atomic mass is 9.89. The first-order valence-electron chi connectivity index (χ1n) is 14.5. The zero-order valence-corrected chi connectivity index (χ0v) is 25.1. The Morgan fingerprint density at radius 1 is 1.02 bits per heavy atom. The second kappa shape index (κ2) is 11.5. The van der Waals surface area contributed by atoms with Gasteiger partial charge in [-0.05, 0) is 52.7 Å². The van der Waals surface area contributed by atoms with Crippen molar-refractivity contribution in [3.05, 3.63) is 30.2 Å². The average molecular weight is 577 g/mol. The fraction of sp³-hybridized carbons (Fsp3) is 0.586. The number of rotatable bonds is 5. The molecule has 0 aromatic carbocycles. The van der Waals surface area contributed by atoms with E-state index in [1.165, 1.54) is 0 Å². The van der Waals surface area contributed by atoms with E-state index in [1.54, 1.807) is 22.2 Å². The van der Waals surface area contributed by atoms with E-state index in [2.05, 4.69) is 38.1 Å². The molecule has 3 aliphatic heterocycles. The summed E-state index contributed by atoms with van der Waals surface area (Å²) in [7, 11) is 1.84. The molecular weight excluding hydrogens is 536 g/mol. The Morgan fingerprint density at radius 2 is 1.79 bits per heavy atom. The van der Waals surface area contributed by atoms with Gasteiger partial charge in [-0.15, -0.1) is 0 Å². The molecule has 5 rings (SSSR count). The molecule has 0 aliphatic carbocycles. The highest BCUT2D eigenvalue weighted by Crippen LogP contribution is 2.33. The molecule has 3 saturated heterocycles. The second-order valence-electron chi connectivity index (χ2n) is 12.4. The summed E-state index contributed by atoms with van der Waals surface area (Å²) in [5.41, 5.74) is 0.0511. The summed E-state index contributed by atoms with van der Waals surface area (Å²) in [6, 6.07) is 5.99. The smallest absolute Gasteiger partial charge is 0.410 e. The summed E-state index contributed by atoms with van der Waals surface area (Å²) in [5.74, 6) is 1.83. The number of pyridine rings is 1. The third kappa shape index (κ3) is 6.27. The van der Waals surface area contributed by atoms with Crippen LogP contribution in [-0.4, -0.2) is 112 Å². The molecule has 1 N–H and O–H groups in total. The number of nitrogens with zero attached hydrogens (tertiary/aromatic N) is 9. The Morgan fingerprint density at radius 3 is 2.40 bits per heavy atom. The number of carbonyl (C=O) groups excluding carboxylic acids is 2. The number of anilines is 4. The number of urea groups is 1. The topological polar surface area (TPSA) is 134 Å². The van der Waals surface area contributed by atoms with Gasteiger partial charge in [-0.1, -0.05) is 0 Å². The van der Waals surface area contributed by atoms with Crippen molar-refractivity contribution in [2.24, 2.45) is 0 Å². The van der Waals surface area contributed by atoms with Gasteiger partial charge in [-0.2, -0.15) is 5.26 Å². The fourth-order valence-electron chi connectivity index (χ4n) is 5.71. The summed E-state index contributed by atoms with van der Waals surface area (Å²) in [5, 5.41) is 12.9. The van der Waals surface area contributed by atoms with E-state index < -0.39 is 5.60 Å². The number of amides is 3. The molecule has 0 spiro atoms. The molecule has 3 aliphatic rings. The number of piperidine rings is 1. The number of nitriles is 1. The number of hydrogen-bond donors (Lipinski definition) is 1. The Labute approximate surface area is 247 Å². The first-order valence-corrected chi connectivity index (χ1v) is 14.5. The Kier molecular flexibility index (Phi) is 7.99. The zero-order chi connectivity index (χ0) is 30.1. The summed E-state index contributed by atoms with van der Waals surface area (Å²) in [6.07, 6.45) is 4.89. The van der Waals surface area contributed by atoms with Gasteiger partial charge in [-0.3, -0.25) is 0 Å². The van der Waals surface area contributed by atoms with Crippen molar-refractivity contribution < 1.29 is 14.3 Å². The maximum atomic E-state index is 12.7. The molecule has 0 unspecified atom stereocenters. The minimum atomic E-state index is -0.520. The highest BCUT2D eigenvalue weighted by molar-refractivity contribution is 5.77. The van der Waals surface area contributed by atoms with Crippen molar-refractivity contribution in [2.75, 3.05) is 74.5 Å². The van der Waals surface area contributed by atoms with Gasteiger partial charge in [0.1, 0.15) is 23.3 Å². The van der Waals surface area contributed by atoms with Gasteiger partial charge < -0.3 is 34.6 Å². The van der Waals surface area contributed by atoms with E-state index in [4.69, 9.17) is 9.72 Å². The first-order chi connectivity index (χ1) is 20.0. The van der Waals surface area contributed by atoms with Crippen molar-refractivity contribution >= 4 is 35.3 Å². The first kappa shape index (κ1) is 29.2. The fourth-order valence-corrected chi connectivity index (χ4v) is 5.71. The predicted molar refractivity (Wildman–Crippen MR) is 159 cm³/mol. The third-order valence-corrected chi connectivity index (χ3v) is 8.00. The SMILES string of the molecule is CN1CCN([C@@]2(C)CCCN(c3cnc(C#N)c(Nc4ccc(N5CCN(C(=O)OC(C)(C)C)CC5)nc4)n3)C2)C1=O. The van der Waals surface area contributed by atoms with Gasteiger partial charge in [-0.25, -0.2) is 24.5 Å². The minimum absolute atomic E-state index is 0.0634. The van der Waals surface area contributed by atoms with Crippen molar-refractivity contribution in [3.8, 4) is 6.07 Å². The number of hydrogen-bond acceptors (Lipinski definition) is 10. The number of aromatic nitrogens is 3. The maximum Gasteiger partial charge on any atom is 0.410 e. The van der Waals surface area contributed by atoms with E-state index >= 15 is 0 Å². The monoisotopic (exact) mass is 576 g/mol. The highest BCUT2D eigenvalue weighted by atomic mass is 16.6. The summed E-state index contributed by atoms with van der Waals surface area (Å²) in [4.78, 5) is 48.6. The van der Waals surface area contributed by atoms with E-state index in [-0.39, 0.29) is 23.4 Å². The molecule has 1 atom stereocenters. The van der Waals surface area contributed by atoms with Crippen LogP contribution in [0.5, 0.6) is 0 Å². The van der Waals surface area contributed by atoms with Crippen LogP contribution in [-0.2, 0) is 4.74 Å². The standard InChI is InChI=1S/C29H40N10O3/c1-28(2,3)42-27(41)37-14-12-36(13-15-37)23-8-7-21(18-32-23)33-25-22(17-30)31-19-24(34-25)38-10-6-9-29(4,20-38)39-16-11-35(5)26(39)40/h7-8,18-19H,6,9-16,20H2,1-5H3,(H,33,34)/t29-/m0/s1. The van der Waals surface area contributed by atoms with Crippen LogP contribution < -0.4 is 15.1 Å². The van der Waals surface area contributed by atoms with E-state index in [9.17, 15) is 14.9 Å². The lowest BCUT2D eigenvalue weighted by Crippen LogP contribution is -2.58. The molecule has 0 bridgehead atoms. The lowest BCUT2D eigenvalue weighted by molar-refractivity contribution is 0.0240. The van der Waals surface area contributed by atoms with Gasteiger partial charge in [0.25, 0.3) is 0 Å². The van der Waals surface area contributed by atoms with Crippen LogP contribution in [0.1, 0.15) is 46.2 Å². The van der Waals surface area contributed by atoms with E-state index in [0.717, 1.165) is 31.7 Å². The van der Waals surface area contributed by atoms with Crippen molar-refractivity contribution in [1.29, 1.82) is 5.26 Å². The maximum absolute atomic E-state index is 12.7. The van der Waals surface area contributed by atoms with Crippen LogP contribution in [0.15, 0.2) is 24.5 Å². The van der Waals surface area contributed by atoms with Crippen LogP contribution >= 0.6 is 0 Å². The molecule has 13 heteroatoms. The largest absolute Gasteiger partial charge is 0.444 e. The van der Waals surface area contributed by atoms with Crippen LogP contribution in [0.4, 0.5) is 32.7 Å². The highest BCUT2D eigenvalue weighted by Gasteiger charge is 2.43. The van der Waals surface area contributed by atoms with Gasteiger partial charge >= 0.3 is 12.1 Å². The quantitative estimate of drug-likeness (QED) is 0.565. The van der Waals surface area contributed by atoms with Crippen LogP contribution in [0.3, 0.4) is 0 Å². The summed E-state index contributed by atoms with van der Waals surface area (Å²) >= 11 is 0. The van der Waals surface area contributed by atoms with E-state index in [0.29, 0.717) is 56.6 Å². The molecular formula is C29H40N10O3. The third-order valence-electron chi connectivity index (χ3n) is 8.00.